The fourth-order valence-electron chi connectivity index (χ4n) is 1.26. The number of esters is 1. The average Bonchev–Trinajstić information content (AvgIpc) is 2.20. The first-order chi connectivity index (χ1) is 6.56. The van der Waals surface area contributed by atoms with Crippen molar-refractivity contribution in [2.45, 2.75) is 45.6 Å². The summed E-state index contributed by atoms with van der Waals surface area (Å²) in [5.74, 6) is -0.166. The van der Waals surface area contributed by atoms with Gasteiger partial charge in [0.2, 0.25) is 0 Å². The highest BCUT2D eigenvalue weighted by Gasteiger charge is 2.29. The Morgan fingerprint density at radius 1 is 1.71 bits per heavy atom. The van der Waals surface area contributed by atoms with Crippen LogP contribution < -0.4 is 0 Å². The predicted molar refractivity (Wildman–Crippen MR) is 53.7 cm³/mol. The monoisotopic (exact) mass is 198 g/mol. The molecule has 0 radical (unpaired) electrons. The maximum Gasteiger partial charge on any atom is 0.305 e. The van der Waals surface area contributed by atoms with E-state index in [0.29, 0.717) is 13.0 Å². The van der Waals surface area contributed by atoms with E-state index in [1.807, 2.05) is 13.8 Å². The number of hydrogen-bond donors (Lipinski definition) is 0. The molecule has 80 valence electrons. The van der Waals surface area contributed by atoms with Crippen LogP contribution in [0.5, 0.6) is 0 Å². The van der Waals surface area contributed by atoms with Crippen molar-refractivity contribution in [2.24, 2.45) is 0 Å². The molecular weight excluding hydrogens is 180 g/mol. The molecule has 0 aromatic heterocycles. The second-order valence-electron chi connectivity index (χ2n) is 4.05. The number of allylic oxidation sites excluding steroid dienone is 1. The van der Waals surface area contributed by atoms with E-state index in [0.717, 1.165) is 12.8 Å². The van der Waals surface area contributed by atoms with E-state index >= 15 is 0 Å². The second kappa shape index (κ2) is 4.49. The van der Waals surface area contributed by atoms with Crippen molar-refractivity contribution in [1.29, 1.82) is 0 Å². The smallest absolute Gasteiger partial charge is 0.305 e. The lowest BCUT2D eigenvalue weighted by molar-refractivity contribution is -0.151. The van der Waals surface area contributed by atoms with Crippen molar-refractivity contribution in [3.63, 3.8) is 0 Å². The van der Waals surface area contributed by atoms with Crippen LogP contribution in [0.2, 0.25) is 0 Å². The Bertz CT molecular complexity index is 245. The van der Waals surface area contributed by atoms with Crippen LogP contribution in [-0.2, 0) is 14.3 Å². The van der Waals surface area contributed by atoms with Crippen LogP contribution in [0.15, 0.2) is 11.8 Å². The number of ether oxygens (including phenoxy) is 2. The van der Waals surface area contributed by atoms with E-state index in [-0.39, 0.29) is 11.6 Å². The topological polar surface area (TPSA) is 35.5 Å². The molecule has 3 heteroatoms. The minimum Gasteiger partial charge on any atom is -0.492 e. The van der Waals surface area contributed by atoms with Crippen molar-refractivity contribution >= 4 is 5.97 Å². The van der Waals surface area contributed by atoms with Gasteiger partial charge in [-0.2, -0.15) is 0 Å². The number of carbonyl (C=O) groups is 1. The molecule has 14 heavy (non-hydrogen) atoms. The third-order valence-electron chi connectivity index (χ3n) is 2.42. The van der Waals surface area contributed by atoms with E-state index in [2.05, 4.69) is 0 Å². The summed E-state index contributed by atoms with van der Waals surface area (Å²) in [6.07, 6.45) is 4.11. The molecule has 0 aromatic rings. The van der Waals surface area contributed by atoms with Crippen LogP contribution in [0.4, 0.5) is 0 Å². The first-order valence-corrected chi connectivity index (χ1v) is 5.05. The van der Waals surface area contributed by atoms with E-state index < -0.39 is 0 Å². The lowest BCUT2D eigenvalue weighted by Gasteiger charge is -2.32. The Hall–Kier alpha value is -0.990. The molecule has 3 nitrogen and oxygen atoms in total. The van der Waals surface area contributed by atoms with Crippen molar-refractivity contribution in [3.05, 3.63) is 11.8 Å². The molecule has 0 spiro atoms. The molecule has 1 aliphatic heterocycles. The van der Waals surface area contributed by atoms with Crippen molar-refractivity contribution in [2.75, 3.05) is 6.61 Å². The summed E-state index contributed by atoms with van der Waals surface area (Å²) in [5, 5.41) is 0. The molecule has 0 aliphatic carbocycles. The third kappa shape index (κ3) is 3.05. The maximum atomic E-state index is 11.0. The van der Waals surface area contributed by atoms with Gasteiger partial charge in [-0.05, 0) is 32.3 Å². The van der Waals surface area contributed by atoms with Crippen LogP contribution in [0, 0.1) is 0 Å². The van der Waals surface area contributed by atoms with Crippen molar-refractivity contribution in [1.82, 2.24) is 0 Å². The van der Waals surface area contributed by atoms with E-state index in [1.54, 1.807) is 13.2 Å². The van der Waals surface area contributed by atoms with Crippen molar-refractivity contribution in [3.8, 4) is 0 Å². The minimum absolute atomic E-state index is 0.166. The van der Waals surface area contributed by atoms with Crippen LogP contribution in [0.25, 0.3) is 0 Å². The Balaban J connectivity index is 2.40. The zero-order valence-corrected chi connectivity index (χ0v) is 9.13. The lowest BCUT2D eigenvalue weighted by atomic mass is 9.96. The maximum absolute atomic E-state index is 11.0. The standard InChI is InChI=1S/C11H18O3/c1-4-10(12)13-8-11(3)6-5-9(2)7-14-11/h7H,4-6,8H2,1-3H3. The van der Waals surface area contributed by atoms with Gasteiger partial charge in [0.05, 0.1) is 6.26 Å². The largest absolute Gasteiger partial charge is 0.492 e. The first-order valence-electron chi connectivity index (χ1n) is 5.05. The molecule has 0 amide bonds. The fourth-order valence-corrected chi connectivity index (χ4v) is 1.26. The predicted octanol–water partition coefficient (Wildman–Crippen LogP) is 2.41. The van der Waals surface area contributed by atoms with E-state index in [4.69, 9.17) is 9.47 Å². The molecule has 1 unspecified atom stereocenters. The van der Waals surface area contributed by atoms with Gasteiger partial charge in [0.1, 0.15) is 12.2 Å². The first kappa shape index (κ1) is 11.1. The average molecular weight is 198 g/mol. The summed E-state index contributed by atoms with van der Waals surface area (Å²) in [6, 6.07) is 0. The fraction of sp³-hybridized carbons (Fsp3) is 0.727. The van der Waals surface area contributed by atoms with Gasteiger partial charge < -0.3 is 9.47 Å². The molecule has 1 rings (SSSR count). The Kier molecular flexibility index (Phi) is 3.55. The molecule has 0 aromatic carbocycles. The molecule has 0 bridgehead atoms. The van der Waals surface area contributed by atoms with E-state index in [9.17, 15) is 4.79 Å². The quantitative estimate of drug-likeness (QED) is 0.653. The zero-order chi connectivity index (χ0) is 10.6. The highest BCUT2D eigenvalue weighted by Crippen LogP contribution is 2.26. The summed E-state index contributed by atoms with van der Waals surface area (Å²) in [4.78, 5) is 11.0. The number of hydrogen-bond acceptors (Lipinski definition) is 3. The molecular formula is C11H18O3. The van der Waals surface area contributed by atoms with Gasteiger partial charge in [0, 0.05) is 6.42 Å². The summed E-state index contributed by atoms with van der Waals surface area (Å²) in [7, 11) is 0. The lowest BCUT2D eigenvalue weighted by Crippen LogP contribution is -2.35. The summed E-state index contributed by atoms with van der Waals surface area (Å²) in [5.41, 5.74) is 0.911. The van der Waals surface area contributed by atoms with Crippen LogP contribution in [0.1, 0.15) is 40.0 Å². The molecule has 0 saturated carbocycles. The highest BCUT2D eigenvalue weighted by atomic mass is 16.6. The second-order valence-corrected chi connectivity index (χ2v) is 4.05. The van der Waals surface area contributed by atoms with Crippen LogP contribution in [0.3, 0.4) is 0 Å². The normalized spacial score (nSPS) is 26.4. The third-order valence-corrected chi connectivity index (χ3v) is 2.42. The minimum atomic E-state index is -0.329. The number of carbonyl (C=O) groups excluding carboxylic acids is 1. The van der Waals surface area contributed by atoms with Crippen LogP contribution >= 0.6 is 0 Å². The molecule has 0 N–H and O–H groups in total. The van der Waals surface area contributed by atoms with Gasteiger partial charge in [-0.15, -0.1) is 0 Å². The van der Waals surface area contributed by atoms with Gasteiger partial charge in [0.15, 0.2) is 0 Å². The summed E-state index contributed by atoms with van der Waals surface area (Å²) >= 11 is 0. The molecule has 0 fully saturated rings. The molecule has 1 atom stereocenters. The molecule has 0 saturated heterocycles. The Morgan fingerprint density at radius 3 is 2.93 bits per heavy atom. The summed E-state index contributed by atoms with van der Waals surface area (Å²) in [6.45, 7) is 6.15. The van der Waals surface area contributed by atoms with E-state index in [1.165, 1.54) is 5.57 Å². The van der Waals surface area contributed by atoms with Gasteiger partial charge in [0.25, 0.3) is 0 Å². The summed E-state index contributed by atoms with van der Waals surface area (Å²) < 4.78 is 10.6. The SMILES string of the molecule is CCC(=O)OCC1(C)CCC(C)=CO1. The van der Waals surface area contributed by atoms with Crippen LogP contribution in [-0.4, -0.2) is 18.2 Å². The highest BCUT2D eigenvalue weighted by molar-refractivity contribution is 5.68. The van der Waals surface area contributed by atoms with Crippen molar-refractivity contribution < 1.29 is 14.3 Å². The number of rotatable bonds is 3. The zero-order valence-electron chi connectivity index (χ0n) is 9.13. The van der Waals surface area contributed by atoms with Gasteiger partial charge in [-0.25, -0.2) is 0 Å². The van der Waals surface area contributed by atoms with Gasteiger partial charge in [-0.3, -0.25) is 4.79 Å². The molecule has 1 heterocycles. The van der Waals surface area contributed by atoms with Gasteiger partial charge >= 0.3 is 5.97 Å². The van der Waals surface area contributed by atoms with Gasteiger partial charge in [-0.1, -0.05) is 6.92 Å². The Morgan fingerprint density at radius 2 is 2.43 bits per heavy atom. The molecule has 1 aliphatic rings. The Labute approximate surface area is 85.1 Å².